The van der Waals surface area contributed by atoms with Crippen LogP contribution in [0.15, 0.2) is 84.9 Å². The monoisotopic (exact) mass is 461 g/mol. The van der Waals surface area contributed by atoms with Crippen LogP contribution in [-0.4, -0.2) is 5.97 Å². The van der Waals surface area contributed by atoms with E-state index in [1.807, 2.05) is 67.6 Å². The second-order valence-corrected chi connectivity index (χ2v) is 9.27. The van der Waals surface area contributed by atoms with Crippen molar-refractivity contribution < 1.29 is 14.3 Å². The van der Waals surface area contributed by atoms with E-state index in [0.717, 1.165) is 40.0 Å². The van der Waals surface area contributed by atoms with Crippen LogP contribution in [0.2, 0.25) is 0 Å². The molecule has 2 heterocycles. The predicted octanol–water partition coefficient (Wildman–Crippen LogP) is 7.65. The molecule has 0 aliphatic carbocycles. The number of nitrogens with one attached hydrogen (secondary N) is 1. The fourth-order valence-corrected chi connectivity index (χ4v) is 5.31. The smallest absolute Gasteiger partial charge is 0.340 e. The number of esters is 1. The van der Waals surface area contributed by atoms with E-state index < -0.39 is 5.60 Å². The molecule has 0 radical (unpaired) electrons. The third kappa shape index (κ3) is 3.32. The van der Waals surface area contributed by atoms with E-state index in [1.165, 1.54) is 18.4 Å². The highest BCUT2D eigenvalue weighted by Crippen LogP contribution is 2.58. The van der Waals surface area contributed by atoms with Crippen molar-refractivity contribution in [2.45, 2.75) is 38.7 Å². The number of carbonyl (C=O) groups excluding carboxylic acids is 1. The molecule has 0 aromatic heterocycles. The van der Waals surface area contributed by atoms with Crippen LogP contribution in [0, 0.1) is 6.92 Å². The molecule has 0 unspecified atom stereocenters. The number of fused-ring (bicyclic) bond motifs is 6. The number of rotatable bonds is 5. The number of unbranched alkanes of at least 4 members (excludes halogenated alkanes) is 1. The Hall–Kier alpha value is -4.05. The number of aryl methyl sites for hydroxylation is 2. The van der Waals surface area contributed by atoms with Crippen LogP contribution in [0.25, 0.3) is 0 Å². The number of benzene rings is 4. The normalized spacial score (nSPS) is 14.5. The first-order valence-corrected chi connectivity index (χ1v) is 12.2. The molecule has 35 heavy (non-hydrogen) atoms. The number of carbonyl (C=O) groups is 1. The zero-order valence-electron chi connectivity index (χ0n) is 19.9. The van der Waals surface area contributed by atoms with Crippen LogP contribution >= 0.6 is 0 Å². The van der Waals surface area contributed by atoms with Crippen molar-refractivity contribution in [3.8, 4) is 11.5 Å². The van der Waals surface area contributed by atoms with Crippen molar-refractivity contribution >= 4 is 17.3 Å². The van der Waals surface area contributed by atoms with Crippen molar-refractivity contribution in [1.29, 1.82) is 0 Å². The minimum atomic E-state index is -1.09. The Morgan fingerprint density at radius 3 is 2.14 bits per heavy atom. The van der Waals surface area contributed by atoms with Gasteiger partial charge >= 0.3 is 5.97 Å². The van der Waals surface area contributed by atoms with Gasteiger partial charge in [-0.1, -0.05) is 67.9 Å². The largest absolute Gasteiger partial charge is 0.456 e. The lowest BCUT2D eigenvalue weighted by atomic mass is 9.76. The highest BCUT2D eigenvalue weighted by molar-refractivity contribution is 6.01. The summed E-state index contributed by atoms with van der Waals surface area (Å²) in [5.41, 5.74) is 6.06. The van der Waals surface area contributed by atoms with Gasteiger partial charge in [0.1, 0.15) is 11.5 Å². The van der Waals surface area contributed by atoms with Crippen molar-refractivity contribution in [3.63, 3.8) is 0 Å². The Morgan fingerprint density at radius 1 is 0.829 bits per heavy atom. The number of hydrogen-bond acceptors (Lipinski definition) is 4. The van der Waals surface area contributed by atoms with Gasteiger partial charge in [0.15, 0.2) is 5.60 Å². The molecule has 0 saturated heterocycles. The lowest BCUT2D eigenvalue weighted by Crippen LogP contribution is -2.33. The quantitative estimate of drug-likeness (QED) is 0.310. The summed E-state index contributed by atoms with van der Waals surface area (Å²) in [6.07, 6.45) is 3.44. The Morgan fingerprint density at radius 2 is 1.49 bits per heavy atom. The zero-order chi connectivity index (χ0) is 24.0. The van der Waals surface area contributed by atoms with E-state index in [1.54, 1.807) is 0 Å². The lowest BCUT2D eigenvalue weighted by molar-refractivity contribution is 0.0225. The zero-order valence-corrected chi connectivity index (χ0v) is 19.9. The molecule has 1 spiro atoms. The standard InChI is InChI=1S/C31H27NO3/c1-3-4-9-21-15-17-22(18-16-21)32-25-19-14-20(2)28-29(25)31(35-30(28)33)23-10-5-7-12-26(23)34-27-13-8-6-11-24(27)31/h5-8,10-19,32H,3-4,9H2,1-2H3. The SMILES string of the molecule is CCCCc1ccc(Nc2ccc(C)c3c2C2(OC3=O)c3ccccc3Oc3ccccc32)cc1. The summed E-state index contributed by atoms with van der Waals surface area (Å²) in [7, 11) is 0. The molecule has 0 saturated carbocycles. The summed E-state index contributed by atoms with van der Waals surface area (Å²) < 4.78 is 12.6. The third-order valence-corrected chi connectivity index (χ3v) is 7.02. The van der Waals surface area contributed by atoms with Crippen LogP contribution < -0.4 is 10.1 Å². The highest BCUT2D eigenvalue weighted by atomic mass is 16.6. The number of ether oxygens (including phenoxy) is 2. The summed E-state index contributed by atoms with van der Waals surface area (Å²) in [5.74, 6) is 1.07. The fourth-order valence-electron chi connectivity index (χ4n) is 5.31. The summed E-state index contributed by atoms with van der Waals surface area (Å²) in [6.45, 7) is 4.17. The fraction of sp³-hybridized carbons (Fsp3) is 0.194. The second-order valence-electron chi connectivity index (χ2n) is 9.27. The topological polar surface area (TPSA) is 47.6 Å². The Balaban J connectivity index is 1.54. The van der Waals surface area contributed by atoms with Crippen LogP contribution in [0.1, 0.15) is 57.9 Å². The molecule has 0 atom stereocenters. The molecule has 4 nitrogen and oxygen atoms in total. The maximum atomic E-state index is 13.4. The molecule has 4 aromatic rings. The molecular weight excluding hydrogens is 434 g/mol. The first-order valence-electron chi connectivity index (χ1n) is 12.2. The maximum Gasteiger partial charge on any atom is 0.340 e. The van der Waals surface area contributed by atoms with Gasteiger partial charge in [-0.25, -0.2) is 4.79 Å². The molecule has 4 aromatic carbocycles. The average molecular weight is 462 g/mol. The van der Waals surface area contributed by atoms with E-state index in [9.17, 15) is 4.79 Å². The van der Waals surface area contributed by atoms with E-state index in [-0.39, 0.29) is 5.97 Å². The number of hydrogen-bond donors (Lipinski definition) is 1. The first-order chi connectivity index (χ1) is 17.1. The minimum absolute atomic E-state index is 0.317. The molecule has 174 valence electrons. The predicted molar refractivity (Wildman–Crippen MR) is 138 cm³/mol. The molecule has 6 rings (SSSR count). The Labute approximate surface area is 205 Å². The minimum Gasteiger partial charge on any atom is -0.456 e. The molecule has 1 N–H and O–H groups in total. The average Bonchev–Trinajstić information content (AvgIpc) is 3.20. The Kier molecular flexibility index (Phi) is 5.10. The van der Waals surface area contributed by atoms with Gasteiger partial charge in [0.2, 0.25) is 0 Å². The molecule has 4 heteroatoms. The van der Waals surface area contributed by atoms with E-state index in [4.69, 9.17) is 9.47 Å². The second kappa shape index (κ2) is 8.31. The summed E-state index contributed by atoms with van der Waals surface area (Å²) in [5, 5.41) is 3.60. The van der Waals surface area contributed by atoms with Crippen molar-refractivity contribution in [2.24, 2.45) is 0 Å². The van der Waals surface area contributed by atoms with Gasteiger partial charge in [0, 0.05) is 28.1 Å². The molecule has 0 amide bonds. The summed E-state index contributed by atoms with van der Waals surface area (Å²) >= 11 is 0. The summed E-state index contributed by atoms with van der Waals surface area (Å²) in [4.78, 5) is 13.4. The van der Waals surface area contributed by atoms with Crippen LogP contribution in [0.3, 0.4) is 0 Å². The van der Waals surface area contributed by atoms with Crippen molar-refractivity contribution in [2.75, 3.05) is 5.32 Å². The van der Waals surface area contributed by atoms with E-state index in [0.29, 0.717) is 17.1 Å². The van der Waals surface area contributed by atoms with Gasteiger partial charge in [-0.2, -0.15) is 0 Å². The Bertz CT molecular complexity index is 1390. The van der Waals surface area contributed by atoms with Crippen LogP contribution in [0.5, 0.6) is 11.5 Å². The van der Waals surface area contributed by atoms with Crippen molar-refractivity contribution in [3.05, 3.63) is 118 Å². The van der Waals surface area contributed by atoms with Gasteiger partial charge in [-0.05, 0) is 61.2 Å². The first kappa shape index (κ1) is 21.5. The van der Waals surface area contributed by atoms with Gasteiger partial charge < -0.3 is 14.8 Å². The molecule has 0 bridgehead atoms. The van der Waals surface area contributed by atoms with Crippen LogP contribution in [0.4, 0.5) is 11.4 Å². The molecular formula is C31H27NO3. The van der Waals surface area contributed by atoms with Gasteiger partial charge in [0.25, 0.3) is 0 Å². The third-order valence-electron chi connectivity index (χ3n) is 7.02. The van der Waals surface area contributed by atoms with Gasteiger partial charge in [0.05, 0.1) is 5.56 Å². The highest BCUT2D eigenvalue weighted by Gasteiger charge is 2.55. The molecule has 2 aliphatic heterocycles. The van der Waals surface area contributed by atoms with E-state index >= 15 is 0 Å². The molecule has 2 aliphatic rings. The van der Waals surface area contributed by atoms with Crippen molar-refractivity contribution in [1.82, 2.24) is 0 Å². The van der Waals surface area contributed by atoms with E-state index in [2.05, 4.69) is 36.5 Å². The summed E-state index contributed by atoms with van der Waals surface area (Å²) in [6, 6.07) is 28.2. The maximum absolute atomic E-state index is 13.4. The van der Waals surface area contributed by atoms with Gasteiger partial charge in [-0.15, -0.1) is 0 Å². The number of anilines is 2. The van der Waals surface area contributed by atoms with Gasteiger partial charge in [-0.3, -0.25) is 0 Å². The van der Waals surface area contributed by atoms with Crippen LogP contribution in [-0.2, 0) is 16.8 Å². The lowest BCUT2D eigenvalue weighted by Gasteiger charge is -2.37. The number of para-hydroxylation sites is 2. The molecule has 0 fully saturated rings.